The molecule has 0 spiro atoms. The lowest BCUT2D eigenvalue weighted by atomic mass is 10.0. The first-order chi connectivity index (χ1) is 14.0. The van der Waals surface area contributed by atoms with E-state index in [2.05, 4.69) is 26.6 Å². The van der Waals surface area contributed by atoms with Gasteiger partial charge in [0.05, 0.1) is 12.2 Å². The minimum absolute atomic E-state index is 0.0365. The summed E-state index contributed by atoms with van der Waals surface area (Å²) in [7, 11) is 0. The van der Waals surface area contributed by atoms with Crippen LogP contribution in [0.2, 0.25) is 0 Å². The maximum Gasteiger partial charge on any atom is 0.354 e. The second-order valence-electron chi connectivity index (χ2n) is 6.79. The van der Waals surface area contributed by atoms with E-state index in [1.54, 1.807) is 19.1 Å². The third-order valence-corrected chi connectivity index (χ3v) is 5.24. The topological polar surface area (TPSA) is 93.7 Å². The molecule has 2 amide bonds. The van der Waals surface area contributed by atoms with Gasteiger partial charge in [0, 0.05) is 22.5 Å². The number of fused-ring (bicyclic) bond motifs is 1. The normalized spacial score (nSPS) is 18.3. The molecule has 0 unspecified atom stereocenters. The zero-order valence-corrected chi connectivity index (χ0v) is 17.7. The van der Waals surface area contributed by atoms with Crippen molar-refractivity contribution in [3.63, 3.8) is 0 Å². The number of benzene rings is 1. The van der Waals surface area contributed by atoms with Crippen LogP contribution in [0.3, 0.4) is 0 Å². The first kappa shape index (κ1) is 21.1. The van der Waals surface area contributed by atoms with Crippen molar-refractivity contribution in [2.75, 3.05) is 19.8 Å². The van der Waals surface area contributed by atoms with E-state index >= 15 is 0 Å². The van der Waals surface area contributed by atoms with Gasteiger partial charge >= 0.3 is 5.97 Å². The van der Waals surface area contributed by atoms with Crippen LogP contribution in [0.5, 0.6) is 5.75 Å². The number of nitrogens with one attached hydrogen (secondary N) is 2. The summed E-state index contributed by atoms with van der Waals surface area (Å²) in [6.45, 7) is 2.69. The van der Waals surface area contributed by atoms with Gasteiger partial charge in [-0.25, -0.2) is 4.79 Å². The van der Waals surface area contributed by atoms with Crippen LogP contribution in [0.4, 0.5) is 0 Å². The molecule has 1 atom stereocenters. The highest BCUT2D eigenvalue weighted by Crippen LogP contribution is 2.29. The number of ether oxygens (including phenoxy) is 2. The lowest BCUT2D eigenvalue weighted by Gasteiger charge is -2.18. The molecule has 2 N–H and O–H groups in total. The maximum absolute atomic E-state index is 12.7. The second kappa shape index (κ2) is 9.73. The molecule has 0 saturated carbocycles. The van der Waals surface area contributed by atoms with Gasteiger partial charge in [0.25, 0.3) is 5.91 Å². The highest BCUT2D eigenvalue weighted by atomic mass is 79.9. The standard InChI is InChI=1S/C21H23BrN2O5/c1-2-28-21(27)17(5-3-4-13-8-9-23-19(13)25)24-20(26)15-10-14-11-16(22)6-7-18(14)29-12-15/h5-7,10-11,13H,2-4,8-9,12H2,1H3,(H,23,25)(H,24,26)/t13-/m0/s1. The molecule has 0 radical (unpaired) electrons. The molecule has 1 saturated heterocycles. The van der Waals surface area contributed by atoms with Crippen LogP contribution < -0.4 is 15.4 Å². The average molecular weight is 463 g/mol. The van der Waals surface area contributed by atoms with Crippen molar-refractivity contribution in [3.05, 3.63) is 45.6 Å². The maximum atomic E-state index is 12.7. The number of halogens is 1. The lowest BCUT2D eigenvalue weighted by molar-refractivity contribution is -0.139. The predicted molar refractivity (Wildman–Crippen MR) is 111 cm³/mol. The van der Waals surface area contributed by atoms with E-state index in [1.807, 2.05) is 18.2 Å². The van der Waals surface area contributed by atoms with Gasteiger partial charge in [-0.15, -0.1) is 0 Å². The highest BCUT2D eigenvalue weighted by Gasteiger charge is 2.24. The summed E-state index contributed by atoms with van der Waals surface area (Å²) in [6.07, 6.45) is 5.24. The van der Waals surface area contributed by atoms with E-state index in [0.29, 0.717) is 30.7 Å². The molecule has 0 aliphatic carbocycles. The first-order valence-electron chi connectivity index (χ1n) is 9.57. The fourth-order valence-electron chi connectivity index (χ4n) is 3.23. The molecule has 8 heteroatoms. The Morgan fingerprint density at radius 2 is 2.24 bits per heavy atom. The minimum Gasteiger partial charge on any atom is -0.488 e. The molecule has 2 aliphatic heterocycles. The number of allylic oxidation sites excluding steroid dienone is 1. The van der Waals surface area contributed by atoms with Crippen molar-refractivity contribution < 1.29 is 23.9 Å². The molecule has 3 rings (SSSR count). The SMILES string of the molecule is CCOC(=O)C(=CCC[C@H]1CCNC1=O)NC(=O)C1=Cc2cc(Br)ccc2OC1. The molecule has 29 heavy (non-hydrogen) atoms. The quantitative estimate of drug-likeness (QED) is 0.479. The summed E-state index contributed by atoms with van der Waals surface area (Å²) < 4.78 is 11.6. The average Bonchev–Trinajstić information content (AvgIpc) is 3.11. The van der Waals surface area contributed by atoms with E-state index in [4.69, 9.17) is 9.47 Å². The number of rotatable bonds is 7. The number of carbonyl (C=O) groups is 3. The van der Waals surface area contributed by atoms with E-state index < -0.39 is 11.9 Å². The van der Waals surface area contributed by atoms with E-state index in [0.717, 1.165) is 16.5 Å². The van der Waals surface area contributed by atoms with E-state index in [1.165, 1.54) is 0 Å². The molecule has 2 heterocycles. The summed E-state index contributed by atoms with van der Waals surface area (Å²) in [5, 5.41) is 5.43. The number of hydrogen-bond acceptors (Lipinski definition) is 5. The first-order valence-corrected chi connectivity index (χ1v) is 10.4. The van der Waals surface area contributed by atoms with Crippen molar-refractivity contribution in [3.8, 4) is 5.75 Å². The molecular weight excluding hydrogens is 440 g/mol. The molecule has 1 aromatic carbocycles. The van der Waals surface area contributed by atoms with Crippen LogP contribution in [0.25, 0.3) is 6.08 Å². The number of carbonyl (C=O) groups excluding carboxylic acids is 3. The van der Waals surface area contributed by atoms with Crippen molar-refractivity contribution in [1.82, 2.24) is 10.6 Å². The van der Waals surface area contributed by atoms with Crippen LogP contribution in [0.1, 0.15) is 31.7 Å². The van der Waals surface area contributed by atoms with Gasteiger partial charge in [-0.1, -0.05) is 22.0 Å². The smallest absolute Gasteiger partial charge is 0.354 e. The molecule has 2 aliphatic rings. The Bertz CT molecular complexity index is 878. The van der Waals surface area contributed by atoms with Crippen molar-refractivity contribution in [2.45, 2.75) is 26.2 Å². The predicted octanol–water partition coefficient (Wildman–Crippen LogP) is 2.70. The van der Waals surface area contributed by atoms with Crippen molar-refractivity contribution >= 4 is 39.8 Å². The van der Waals surface area contributed by atoms with Crippen LogP contribution in [-0.2, 0) is 19.1 Å². The number of amides is 2. The Hall–Kier alpha value is -2.61. The molecule has 1 aromatic rings. The molecule has 1 fully saturated rings. The van der Waals surface area contributed by atoms with Gasteiger partial charge in [0.1, 0.15) is 18.1 Å². The van der Waals surface area contributed by atoms with E-state index in [9.17, 15) is 14.4 Å². The fraction of sp³-hybridized carbons (Fsp3) is 0.381. The Morgan fingerprint density at radius 3 is 2.97 bits per heavy atom. The van der Waals surface area contributed by atoms with Crippen molar-refractivity contribution in [2.24, 2.45) is 5.92 Å². The monoisotopic (exact) mass is 462 g/mol. The summed E-state index contributed by atoms with van der Waals surface area (Å²) in [5.41, 5.74) is 1.27. The number of esters is 1. The zero-order valence-electron chi connectivity index (χ0n) is 16.1. The Labute approximate surface area is 177 Å². The Balaban J connectivity index is 1.69. The van der Waals surface area contributed by atoms with Gasteiger partial charge in [-0.3, -0.25) is 9.59 Å². The zero-order chi connectivity index (χ0) is 20.8. The molecular formula is C21H23BrN2O5. The number of hydrogen-bond donors (Lipinski definition) is 2. The fourth-order valence-corrected chi connectivity index (χ4v) is 3.60. The van der Waals surface area contributed by atoms with Crippen molar-refractivity contribution in [1.29, 1.82) is 0 Å². The summed E-state index contributed by atoms with van der Waals surface area (Å²) >= 11 is 3.40. The summed E-state index contributed by atoms with van der Waals surface area (Å²) in [4.78, 5) is 36.6. The van der Waals surface area contributed by atoms with Crippen LogP contribution >= 0.6 is 15.9 Å². The van der Waals surface area contributed by atoms with Crippen LogP contribution in [-0.4, -0.2) is 37.5 Å². The molecule has 0 bridgehead atoms. The highest BCUT2D eigenvalue weighted by molar-refractivity contribution is 9.10. The third-order valence-electron chi connectivity index (χ3n) is 4.75. The van der Waals surface area contributed by atoms with Crippen LogP contribution in [0.15, 0.2) is 40.0 Å². The minimum atomic E-state index is -0.600. The third kappa shape index (κ3) is 5.47. The largest absolute Gasteiger partial charge is 0.488 e. The summed E-state index contributed by atoms with van der Waals surface area (Å²) in [6, 6.07) is 5.55. The Morgan fingerprint density at radius 1 is 1.41 bits per heavy atom. The van der Waals surface area contributed by atoms with Gasteiger partial charge in [0.2, 0.25) is 5.91 Å². The molecule has 154 valence electrons. The second-order valence-corrected chi connectivity index (χ2v) is 7.70. The van der Waals surface area contributed by atoms with Crippen LogP contribution in [0, 0.1) is 5.92 Å². The summed E-state index contributed by atoms with van der Waals surface area (Å²) in [5.74, 6) is -0.351. The van der Waals surface area contributed by atoms with Gasteiger partial charge in [0.15, 0.2) is 0 Å². The van der Waals surface area contributed by atoms with Gasteiger partial charge in [-0.05, 0) is 50.5 Å². The Kier molecular flexibility index (Phi) is 7.09. The van der Waals surface area contributed by atoms with Gasteiger partial charge < -0.3 is 20.1 Å². The van der Waals surface area contributed by atoms with Gasteiger partial charge in [-0.2, -0.15) is 0 Å². The molecule has 7 nitrogen and oxygen atoms in total. The van der Waals surface area contributed by atoms with E-state index in [-0.39, 0.29) is 30.7 Å². The molecule has 0 aromatic heterocycles. The lowest BCUT2D eigenvalue weighted by Crippen LogP contribution is -2.32.